The van der Waals surface area contributed by atoms with Crippen molar-refractivity contribution in [1.82, 2.24) is 19.1 Å². The van der Waals surface area contributed by atoms with Gasteiger partial charge in [0, 0.05) is 48.7 Å². The van der Waals surface area contributed by atoms with E-state index in [1.807, 2.05) is 0 Å². The number of para-hydroxylation sites is 2. The quantitative estimate of drug-likeness (QED) is 0.156. The van der Waals surface area contributed by atoms with Crippen molar-refractivity contribution in [3.63, 3.8) is 0 Å². The summed E-state index contributed by atoms with van der Waals surface area (Å²) in [5.41, 5.74) is 20.5. The van der Waals surface area contributed by atoms with Gasteiger partial charge in [-0.15, -0.1) is 0 Å². The molecule has 0 spiro atoms. The third kappa shape index (κ3) is 6.46. The number of rotatable bonds is 6. The van der Waals surface area contributed by atoms with Gasteiger partial charge in [-0.25, -0.2) is 9.97 Å². The Labute approximate surface area is 445 Å². The second-order valence-corrected chi connectivity index (χ2v) is 21.3. The molecule has 0 saturated carbocycles. The number of fused-ring (bicyclic) bond motifs is 10. The van der Waals surface area contributed by atoms with Crippen molar-refractivity contribution in [1.29, 1.82) is 0 Å². The maximum absolute atomic E-state index is 5.58. The Hall–Kier alpha value is -9.90. The summed E-state index contributed by atoms with van der Waals surface area (Å²) in [6, 6.07) is 93.4. The lowest BCUT2D eigenvalue weighted by molar-refractivity contribution is 0.644. The molecule has 0 saturated heterocycles. The average Bonchev–Trinajstić information content (AvgIpc) is 4.17. The zero-order valence-electron chi connectivity index (χ0n) is 42.5. The zero-order chi connectivity index (χ0) is 50.9. The highest BCUT2D eigenvalue weighted by molar-refractivity contribution is 6.19. The second-order valence-electron chi connectivity index (χ2n) is 21.3. The molecular weight excluding hydrogens is 933 g/mol. The SMILES string of the molecule is CC1(C)c2ccccc2-c2nc(-n3c4ccccc4c4cc(-c5ccc6c(c5)c5ccccc5n6-c5c6cccc(-c7ccccc7)c6cc6c(-c7ccccc7)cccc56)ccc43)nc3cc(-c4ccccc4)cc1c23. The van der Waals surface area contributed by atoms with E-state index in [0.717, 1.165) is 66.2 Å². The van der Waals surface area contributed by atoms with Crippen molar-refractivity contribution in [2.75, 3.05) is 0 Å². The fourth-order valence-corrected chi connectivity index (χ4v) is 13.1. The van der Waals surface area contributed by atoms with Crippen LogP contribution < -0.4 is 0 Å². The third-order valence-corrected chi connectivity index (χ3v) is 16.7. The summed E-state index contributed by atoms with van der Waals surface area (Å²) >= 11 is 0. The molecule has 0 unspecified atom stereocenters. The first kappa shape index (κ1) is 43.5. The predicted octanol–water partition coefficient (Wildman–Crippen LogP) is 19.1. The molecule has 1 aliphatic rings. The van der Waals surface area contributed by atoms with Gasteiger partial charge in [-0.1, -0.05) is 214 Å². The molecule has 0 aliphatic heterocycles. The summed E-state index contributed by atoms with van der Waals surface area (Å²) in [7, 11) is 0. The highest BCUT2D eigenvalue weighted by Gasteiger charge is 2.36. The summed E-state index contributed by atoms with van der Waals surface area (Å²) < 4.78 is 4.81. The van der Waals surface area contributed by atoms with Crippen LogP contribution in [0.1, 0.15) is 25.0 Å². The van der Waals surface area contributed by atoms with Gasteiger partial charge in [-0.2, -0.15) is 0 Å². The van der Waals surface area contributed by atoms with E-state index in [1.54, 1.807) is 0 Å². The van der Waals surface area contributed by atoms with Crippen LogP contribution in [-0.2, 0) is 5.41 Å². The van der Waals surface area contributed by atoms with Crippen LogP contribution in [0.3, 0.4) is 0 Å². The minimum Gasteiger partial charge on any atom is -0.308 e. The van der Waals surface area contributed by atoms with Crippen molar-refractivity contribution >= 4 is 76.1 Å². The lowest BCUT2D eigenvalue weighted by atomic mass is 9.69. The molecule has 0 radical (unpaired) electrons. The maximum Gasteiger partial charge on any atom is 0.235 e. The van der Waals surface area contributed by atoms with Crippen LogP contribution in [0.15, 0.2) is 255 Å². The molecule has 1 aliphatic carbocycles. The van der Waals surface area contributed by atoms with Gasteiger partial charge in [0.1, 0.15) is 0 Å². The Morgan fingerprint density at radius 2 is 0.779 bits per heavy atom. The standard InChI is InChI=1S/C73H48N4/c1-73(2)62-33-15-12-28-57(62)70-69-63(73)42-50(45-20-6-3-7-21-45)43-64(69)74-72(75-70)77-66-35-17-14-27-54(66)61-41-49(37-39-68(61)77)48-36-38-67-60(40-48)53-26-13-16-34-65(53)76(67)71-55-31-18-29-51(46-22-8-4-9-23-46)58(55)44-59-52(30-19-32-56(59)71)47-24-10-5-11-25-47/h3-44H,1-2H3. The van der Waals surface area contributed by atoms with E-state index in [1.165, 1.54) is 82.5 Å². The van der Waals surface area contributed by atoms with Gasteiger partial charge in [0.25, 0.3) is 0 Å². The molecule has 0 atom stereocenters. The van der Waals surface area contributed by atoms with Crippen molar-refractivity contribution in [2.45, 2.75) is 19.3 Å². The maximum atomic E-state index is 5.58. The summed E-state index contributed by atoms with van der Waals surface area (Å²) in [5, 5.41) is 10.7. The van der Waals surface area contributed by atoms with Gasteiger partial charge < -0.3 is 4.57 Å². The normalized spacial score (nSPS) is 12.9. The molecule has 360 valence electrons. The highest BCUT2D eigenvalue weighted by Crippen LogP contribution is 2.50. The van der Waals surface area contributed by atoms with Crippen LogP contribution in [0.2, 0.25) is 0 Å². The topological polar surface area (TPSA) is 35.6 Å². The first-order valence-corrected chi connectivity index (χ1v) is 26.6. The van der Waals surface area contributed by atoms with Crippen molar-refractivity contribution in [3.05, 3.63) is 266 Å². The third-order valence-electron chi connectivity index (χ3n) is 16.7. The molecule has 4 nitrogen and oxygen atoms in total. The van der Waals surface area contributed by atoms with Crippen molar-refractivity contribution in [3.8, 4) is 67.4 Å². The summed E-state index contributed by atoms with van der Waals surface area (Å²) in [4.78, 5) is 11.1. The summed E-state index contributed by atoms with van der Waals surface area (Å²) in [6.07, 6.45) is 0. The molecule has 16 rings (SSSR count). The summed E-state index contributed by atoms with van der Waals surface area (Å²) in [6.45, 7) is 4.67. The van der Waals surface area contributed by atoms with E-state index in [0.29, 0.717) is 5.95 Å². The fraction of sp³-hybridized carbons (Fsp3) is 0.0411. The Morgan fingerprint density at radius 3 is 1.39 bits per heavy atom. The van der Waals surface area contributed by atoms with Crippen LogP contribution in [0.5, 0.6) is 0 Å². The smallest absolute Gasteiger partial charge is 0.235 e. The van der Waals surface area contributed by atoms with Crippen LogP contribution in [-0.4, -0.2) is 19.1 Å². The first-order chi connectivity index (χ1) is 38.0. The van der Waals surface area contributed by atoms with Crippen LogP contribution in [0.25, 0.3) is 143 Å². The number of nitrogens with zero attached hydrogens (tertiary/aromatic N) is 4. The number of hydrogen-bond donors (Lipinski definition) is 0. The Balaban J connectivity index is 0.901. The number of aromatic nitrogens is 4. The fourth-order valence-electron chi connectivity index (χ4n) is 13.1. The van der Waals surface area contributed by atoms with E-state index < -0.39 is 0 Å². The Bertz CT molecular complexity index is 4830. The molecular formula is C73H48N4. The molecule has 3 aromatic heterocycles. The molecule has 0 bridgehead atoms. The molecule has 3 heterocycles. The van der Waals surface area contributed by atoms with E-state index in [2.05, 4.69) is 278 Å². The lowest BCUT2D eigenvalue weighted by Crippen LogP contribution is -2.24. The lowest BCUT2D eigenvalue weighted by Gasteiger charge is -2.35. The van der Waals surface area contributed by atoms with E-state index in [4.69, 9.17) is 9.97 Å². The molecule has 0 amide bonds. The van der Waals surface area contributed by atoms with Gasteiger partial charge in [0.05, 0.1) is 39.0 Å². The largest absolute Gasteiger partial charge is 0.308 e. The van der Waals surface area contributed by atoms with Gasteiger partial charge in [0.2, 0.25) is 5.95 Å². The van der Waals surface area contributed by atoms with Crippen LogP contribution in [0, 0.1) is 0 Å². The van der Waals surface area contributed by atoms with E-state index in [-0.39, 0.29) is 5.41 Å². The van der Waals surface area contributed by atoms with Gasteiger partial charge in [-0.05, 0) is 121 Å². The minimum absolute atomic E-state index is 0.248. The minimum atomic E-state index is -0.248. The monoisotopic (exact) mass is 980 g/mol. The summed E-state index contributed by atoms with van der Waals surface area (Å²) in [5.74, 6) is 0.666. The Morgan fingerprint density at radius 1 is 0.299 bits per heavy atom. The highest BCUT2D eigenvalue weighted by atomic mass is 15.2. The molecule has 77 heavy (non-hydrogen) atoms. The van der Waals surface area contributed by atoms with E-state index >= 15 is 0 Å². The van der Waals surface area contributed by atoms with Gasteiger partial charge in [-0.3, -0.25) is 4.57 Å². The number of hydrogen-bond acceptors (Lipinski definition) is 2. The zero-order valence-corrected chi connectivity index (χ0v) is 42.5. The van der Waals surface area contributed by atoms with Crippen LogP contribution in [0.4, 0.5) is 0 Å². The average molecular weight is 981 g/mol. The second kappa shape index (κ2) is 16.6. The van der Waals surface area contributed by atoms with Gasteiger partial charge in [0.15, 0.2) is 0 Å². The first-order valence-electron chi connectivity index (χ1n) is 26.6. The molecule has 12 aromatic carbocycles. The predicted molar refractivity (Wildman–Crippen MR) is 323 cm³/mol. The molecule has 0 fully saturated rings. The molecule has 15 aromatic rings. The Kier molecular flexibility index (Phi) is 9.35. The van der Waals surface area contributed by atoms with E-state index in [9.17, 15) is 0 Å². The van der Waals surface area contributed by atoms with Crippen molar-refractivity contribution in [2.24, 2.45) is 0 Å². The van der Waals surface area contributed by atoms with Crippen LogP contribution >= 0.6 is 0 Å². The van der Waals surface area contributed by atoms with Gasteiger partial charge >= 0.3 is 0 Å². The number of benzene rings is 12. The molecule has 4 heteroatoms. The van der Waals surface area contributed by atoms with Crippen molar-refractivity contribution < 1.29 is 0 Å². The molecule has 0 N–H and O–H groups in total.